The molecule has 0 unspecified atom stereocenters. The first-order chi connectivity index (χ1) is 12.4. The molecule has 0 aliphatic rings. The third kappa shape index (κ3) is 3.23. The molecule has 0 spiro atoms. The average molecular weight is 389 g/mol. The maximum absolute atomic E-state index is 12.9. The lowest BCUT2D eigenvalue weighted by Crippen LogP contribution is -2.29. The largest absolute Gasteiger partial charge is 0.477 e. The first-order valence-electron chi connectivity index (χ1n) is 7.83. The van der Waals surface area contributed by atoms with Gasteiger partial charge in [0, 0.05) is 22.7 Å². The van der Waals surface area contributed by atoms with E-state index in [1.165, 1.54) is 10.6 Å². The van der Waals surface area contributed by atoms with Gasteiger partial charge in [-0.2, -0.15) is 0 Å². The molecule has 0 saturated heterocycles. The van der Waals surface area contributed by atoms with Gasteiger partial charge >= 0.3 is 5.97 Å². The number of carboxylic acid groups (broad SMARTS) is 1. The smallest absolute Gasteiger partial charge is 0.343 e. The molecular weight excluding hydrogens is 375 g/mol. The summed E-state index contributed by atoms with van der Waals surface area (Å²) in [4.78, 5) is 29.2. The van der Waals surface area contributed by atoms with Crippen LogP contribution < -0.4 is 5.56 Å². The molecule has 0 radical (unpaired) electrons. The van der Waals surface area contributed by atoms with E-state index in [9.17, 15) is 14.7 Å². The Morgan fingerprint density at radius 1 is 1.15 bits per heavy atom. The standard InChI is InChI=1S/C19H14Cl2N2O3/c1-2-23-17(11-6-4-3-5-7-11)22-16(15(18(23)24)19(25)26)13-9-8-12(20)10-14(13)21/h3-10H,2H2,1H3,(H,25,26). The SMILES string of the molecule is CCn1c(-c2ccccc2)nc(-c2ccc(Cl)cc2Cl)c(C(=O)O)c1=O. The van der Waals surface area contributed by atoms with Crippen LogP contribution in [0.4, 0.5) is 0 Å². The predicted molar refractivity (Wildman–Crippen MR) is 102 cm³/mol. The van der Waals surface area contributed by atoms with Gasteiger partial charge in [-0.3, -0.25) is 9.36 Å². The minimum absolute atomic E-state index is 0.0210. The topological polar surface area (TPSA) is 72.2 Å². The van der Waals surface area contributed by atoms with Gasteiger partial charge in [0.2, 0.25) is 0 Å². The Balaban J connectivity index is 2.41. The van der Waals surface area contributed by atoms with Gasteiger partial charge in [-0.1, -0.05) is 53.5 Å². The first-order valence-corrected chi connectivity index (χ1v) is 8.58. The molecule has 132 valence electrons. The Labute approximate surface area is 159 Å². The van der Waals surface area contributed by atoms with Gasteiger partial charge in [0.1, 0.15) is 5.82 Å². The Morgan fingerprint density at radius 3 is 2.42 bits per heavy atom. The number of carbonyl (C=O) groups is 1. The second-order valence-electron chi connectivity index (χ2n) is 5.50. The van der Waals surface area contributed by atoms with E-state index in [1.807, 2.05) is 30.3 Å². The number of aromatic carboxylic acids is 1. The van der Waals surface area contributed by atoms with Gasteiger partial charge in [0.25, 0.3) is 5.56 Å². The number of nitrogens with zero attached hydrogens (tertiary/aromatic N) is 2. The molecular formula is C19H14Cl2N2O3. The summed E-state index contributed by atoms with van der Waals surface area (Å²) in [6.07, 6.45) is 0. The molecule has 0 bridgehead atoms. The minimum atomic E-state index is -1.36. The van der Waals surface area contributed by atoms with Crippen molar-refractivity contribution >= 4 is 29.2 Å². The Morgan fingerprint density at radius 2 is 1.85 bits per heavy atom. The molecule has 0 fully saturated rings. The normalized spacial score (nSPS) is 10.7. The molecule has 0 atom stereocenters. The van der Waals surface area contributed by atoms with E-state index in [0.717, 1.165) is 0 Å². The van der Waals surface area contributed by atoms with Crippen LogP contribution in [0.25, 0.3) is 22.6 Å². The summed E-state index contributed by atoms with van der Waals surface area (Å²) < 4.78 is 1.34. The van der Waals surface area contributed by atoms with Crippen molar-refractivity contribution in [2.75, 3.05) is 0 Å². The maximum atomic E-state index is 12.9. The molecule has 5 nitrogen and oxygen atoms in total. The molecule has 0 amide bonds. The van der Waals surface area contributed by atoms with E-state index in [0.29, 0.717) is 22.0 Å². The number of hydrogen-bond donors (Lipinski definition) is 1. The van der Waals surface area contributed by atoms with Crippen LogP contribution >= 0.6 is 23.2 Å². The zero-order valence-corrected chi connectivity index (χ0v) is 15.3. The molecule has 3 aromatic rings. The van der Waals surface area contributed by atoms with Crippen molar-refractivity contribution in [1.82, 2.24) is 9.55 Å². The maximum Gasteiger partial charge on any atom is 0.343 e. The van der Waals surface area contributed by atoms with Crippen molar-refractivity contribution in [2.45, 2.75) is 13.5 Å². The van der Waals surface area contributed by atoms with Crippen molar-refractivity contribution in [1.29, 1.82) is 0 Å². The van der Waals surface area contributed by atoms with Crippen LogP contribution in [0.2, 0.25) is 10.0 Å². The molecule has 0 aliphatic carbocycles. The number of rotatable bonds is 4. The molecule has 1 heterocycles. The highest BCUT2D eigenvalue weighted by Crippen LogP contribution is 2.32. The van der Waals surface area contributed by atoms with Gasteiger partial charge < -0.3 is 5.11 Å². The van der Waals surface area contributed by atoms with Crippen LogP contribution in [0.15, 0.2) is 53.3 Å². The fourth-order valence-corrected chi connectivity index (χ4v) is 3.22. The van der Waals surface area contributed by atoms with Crippen LogP contribution in [0, 0.1) is 0 Å². The number of halogens is 2. The van der Waals surface area contributed by atoms with Crippen LogP contribution in [0.1, 0.15) is 17.3 Å². The highest BCUT2D eigenvalue weighted by atomic mass is 35.5. The van der Waals surface area contributed by atoms with Crippen LogP contribution in [0.3, 0.4) is 0 Å². The zero-order chi connectivity index (χ0) is 18.8. The molecule has 0 aliphatic heterocycles. The predicted octanol–water partition coefficient (Wildman–Crippen LogP) is 4.60. The van der Waals surface area contributed by atoms with Crippen molar-refractivity contribution in [3.05, 3.63) is 74.5 Å². The number of benzene rings is 2. The van der Waals surface area contributed by atoms with Gasteiger partial charge in [0.15, 0.2) is 5.56 Å². The molecule has 2 aromatic carbocycles. The van der Waals surface area contributed by atoms with E-state index in [1.54, 1.807) is 19.1 Å². The Hall–Kier alpha value is -2.63. The van der Waals surface area contributed by atoms with E-state index in [-0.39, 0.29) is 17.3 Å². The molecule has 1 aromatic heterocycles. The van der Waals surface area contributed by atoms with Gasteiger partial charge in [-0.15, -0.1) is 0 Å². The quantitative estimate of drug-likeness (QED) is 0.708. The van der Waals surface area contributed by atoms with Gasteiger partial charge in [-0.05, 0) is 25.1 Å². The Kier molecular flexibility index (Phi) is 5.11. The van der Waals surface area contributed by atoms with Crippen molar-refractivity contribution < 1.29 is 9.90 Å². The van der Waals surface area contributed by atoms with Gasteiger partial charge in [-0.25, -0.2) is 9.78 Å². The second kappa shape index (κ2) is 7.32. The fourth-order valence-electron chi connectivity index (χ4n) is 2.72. The summed E-state index contributed by atoms with van der Waals surface area (Å²) >= 11 is 12.2. The number of aromatic nitrogens is 2. The highest BCUT2D eigenvalue weighted by molar-refractivity contribution is 6.36. The zero-order valence-electron chi connectivity index (χ0n) is 13.7. The van der Waals surface area contributed by atoms with E-state index < -0.39 is 17.1 Å². The summed E-state index contributed by atoms with van der Waals surface area (Å²) in [5, 5.41) is 10.2. The molecule has 26 heavy (non-hydrogen) atoms. The van der Waals surface area contributed by atoms with Crippen molar-refractivity contribution in [3.8, 4) is 22.6 Å². The second-order valence-corrected chi connectivity index (χ2v) is 6.35. The monoisotopic (exact) mass is 388 g/mol. The molecule has 7 heteroatoms. The minimum Gasteiger partial charge on any atom is -0.477 e. The van der Waals surface area contributed by atoms with Crippen LogP contribution in [-0.4, -0.2) is 20.6 Å². The third-order valence-corrected chi connectivity index (χ3v) is 4.47. The average Bonchev–Trinajstić information content (AvgIpc) is 2.61. The molecule has 1 N–H and O–H groups in total. The number of hydrogen-bond acceptors (Lipinski definition) is 3. The van der Waals surface area contributed by atoms with Crippen molar-refractivity contribution in [3.63, 3.8) is 0 Å². The lowest BCUT2D eigenvalue weighted by atomic mass is 10.1. The highest BCUT2D eigenvalue weighted by Gasteiger charge is 2.24. The Bertz CT molecular complexity index is 1050. The summed E-state index contributed by atoms with van der Waals surface area (Å²) in [6, 6.07) is 13.7. The summed E-state index contributed by atoms with van der Waals surface area (Å²) in [5.74, 6) is -0.977. The first kappa shape index (κ1) is 18.2. The summed E-state index contributed by atoms with van der Waals surface area (Å²) in [5.41, 5.74) is 0.0130. The lowest BCUT2D eigenvalue weighted by Gasteiger charge is -2.15. The third-order valence-electron chi connectivity index (χ3n) is 3.92. The van der Waals surface area contributed by atoms with Crippen LogP contribution in [0.5, 0.6) is 0 Å². The van der Waals surface area contributed by atoms with E-state index in [4.69, 9.17) is 23.2 Å². The fraction of sp³-hybridized carbons (Fsp3) is 0.105. The summed E-state index contributed by atoms with van der Waals surface area (Å²) in [6.45, 7) is 2.04. The van der Waals surface area contributed by atoms with Gasteiger partial charge in [0.05, 0.1) is 10.7 Å². The molecule has 3 rings (SSSR count). The van der Waals surface area contributed by atoms with Crippen molar-refractivity contribution in [2.24, 2.45) is 0 Å². The molecule has 0 saturated carbocycles. The van der Waals surface area contributed by atoms with Crippen LogP contribution in [-0.2, 0) is 6.54 Å². The lowest BCUT2D eigenvalue weighted by molar-refractivity contribution is 0.0694. The van der Waals surface area contributed by atoms with E-state index in [2.05, 4.69) is 4.98 Å². The van der Waals surface area contributed by atoms with E-state index >= 15 is 0 Å². The summed E-state index contributed by atoms with van der Waals surface area (Å²) in [7, 11) is 0. The number of carboxylic acids is 1.